The van der Waals surface area contributed by atoms with Crippen LogP contribution in [0.4, 0.5) is 5.95 Å². The smallest absolute Gasteiger partial charge is 0.241 e. The largest absolute Gasteiger partial charge is 0.356 e. The van der Waals surface area contributed by atoms with Gasteiger partial charge in [-0.2, -0.15) is 4.98 Å². The fraction of sp³-hybridized carbons (Fsp3) is 0.667. The number of aromatic amines is 1. The van der Waals surface area contributed by atoms with Crippen molar-refractivity contribution in [2.75, 3.05) is 12.4 Å². The van der Waals surface area contributed by atoms with Crippen LogP contribution in [0.3, 0.4) is 0 Å². The molecule has 1 aromatic heterocycles. The molecule has 0 spiro atoms. The summed E-state index contributed by atoms with van der Waals surface area (Å²) in [6.45, 7) is 5.86. The van der Waals surface area contributed by atoms with Crippen molar-refractivity contribution in [2.45, 2.75) is 20.8 Å². The first-order valence-corrected chi connectivity index (χ1v) is 3.39. The molecule has 0 aromatic carbocycles. The molecule has 58 valence electrons. The third-order valence-corrected chi connectivity index (χ3v) is 0.821. The number of anilines is 1. The molecule has 0 amide bonds. The molecule has 4 heteroatoms. The van der Waals surface area contributed by atoms with Crippen LogP contribution in [0.25, 0.3) is 0 Å². The van der Waals surface area contributed by atoms with Crippen LogP contribution in [0.1, 0.15) is 19.7 Å². The van der Waals surface area contributed by atoms with Crippen molar-refractivity contribution in [3.05, 3.63) is 5.82 Å². The van der Waals surface area contributed by atoms with Gasteiger partial charge < -0.3 is 5.32 Å². The van der Waals surface area contributed by atoms with Crippen molar-refractivity contribution < 1.29 is 0 Å². The number of H-pyrrole nitrogens is 1. The molecule has 0 saturated carbocycles. The van der Waals surface area contributed by atoms with Gasteiger partial charge in [-0.05, 0) is 6.92 Å². The lowest BCUT2D eigenvalue weighted by Gasteiger charge is -1.82. The molecule has 0 aliphatic carbocycles. The second-order valence-corrected chi connectivity index (χ2v) is 1.49. The molecular formula is C6H14N4. The van der Waals surface area contributed by atoms with E-state index in [2.05, 4.69) is 20.5 Å². The summed E-state index contributed by atoms with van der Waals surface area (Å²) in [6, 6.07) is 0. The van der Waals surface area contributed by atoms with Gasteiger partial charge in [0.15, 0.2) is 0 Å². The average molecular weight is 142 g/mol. The Hall–Kier alpha value is -1.06. The van der Waals surface area contributed by atoms with Gasteiger partial charge in [-0.3, -0.25) is 5.10 Å². The number of hydrogen-bond donors (Lipinski definition) is 2. The Morgan fingerprint density at radius 3 is 2.20 bits per heavy atom. The third kappa shape index (κ3) is 2.48. The summed E-state index contributed by atoms with van der Waals surface area (Å²) in [6.07, 6.45) is 0. The van der Waals surface area contributed by atoms with Crippen LogP contribution in [0, 0.1) is 6.92 Å². The third-order valence-electron chi connectivity index (χ3n) is 0.821. The van der Waals surface area contributed by atoms with Gasteiger partial charge in [0.05, 0.1) is 0 Å². The second kappa shape index (κ2) is 4.78. The highest BCUT2D eigenvalue weighted by Gasteiger charge is 1.90. The van der Waals surface area contributed by atoms with E-state index in [9.17, 15) is 0 Å². The van der Waals surface area contributed by atoms with E-state index in [0.29, 0.717) is 5.95 Å². The van der Waals surface area contributed by atoms with E-state index < -0.39 is 0 Å². The first kappa shape index (κ1) is 8.94. The average Bonchev–Trinajstić information content (AvgIpc) is 2.40. The molecule has 4 nitrogen and oxygen atoms in total. The van der Waals surface area contributed by atoms with E-state index in [1.165, 1.54) is 0 Å². The Bertz CT molecular complexity index is 170. The summed E-state index contributed by atoms with van der Waals surface area (Å²) < 4.78 is 0. The predicted molar refractivity (Wildman–Crippen MR) is 42.0 cm³/mol. The summed E-state index contributed by atoms with van der Waals surface area (Å²) in [4.78, 5) is 3.95. The molecule has 0 aliphatic heterocycles. The number of rotatable bonds is 1. The van der Waals surface area contributed by atoms with Crippen LogP contribution in [-0.4, -0.2) is 22.2 Å². The summed E-state index contributed by atoms with van der Waals surface area (Å²) in [5.41, 5.74) is 0. The van der Waals surface area contributed by atoms with E-state index in [1.54, 1.807) is 7.05 Å². The van der Waals surface area contributed by atoms with Crippen LogP contribution >= 0.6 is 0 Å². The monoisotopic (exact) mass is 142 g/mol. The quantitative estimate of drug-likeness (QED) is 0.619. The number of hydrogen-bond acceptors (Lipinski definition) is 3. The standard InChI is InChI=1S/C4H8N4.C2H6/c1-3-6-4(5-2)8-7-3;1-2/h1-2H3,(H2,5,6,7,8);1-2H3. The lowest BCUT2D eigenvalue weighted by Crippen LogP contribution is -1.88. The summed E-state index contributed by atoms with van der Waals surface area (Å²) in [5, 5.41) is 9.28. The van der Waals surface area contributed by atoms with Crippen molar-refractivity contribution in [3.8, 4) is 0 Å². The fourth-order valence-electron chi connectivity index (χ4n) is 0.455. The van der Waals surface area contributed by atoms with Crippen molar-refractivity contribution in [1.29, 1.82) is 0 Å². The van der Waals surface area contributed by atoms with E-state index >= 15 is 0 Å². The maximum atomic E-state index is 3.95. The van der Waals surface area contributed by atoms with Gasteiger partial charge in [0.1, 0.15) is 5.82 Å². The molecule has 0 fully saturated rings. The highest BCUT2D eigenvalue weighted by Crippen LogP contribution is 1.92. The van der Waals surface area contributed by atoms with E-state index in [1.807, 2.05) is 20.8 Å². The summed E-state index contributed by atoms with van der Waals surface area (Å²) >= 11 is 0. The van der Waals surface area contributed by atoms with Crippen molar-refractivity contribution in [2.24, 2.45) is 0 Å². The van der Waals surface area contributed by atoms with Crippen molar-refractivity contribution in [1.82, 2.24) is 15.2 Å². The molecule has 0 unspecified atom stereocenters. The number of aromatic nitrogens is 3. The zero-order chi connectivity index (χ0) is 7.98. The lowest BCUT2D eigenvalue weighted by atomic mass is 10.7. The van der Waals surface area contributed by atoms with Crippen LogP contribution in [-0.2, 0) is 0 Å². The Morgan fingerprint density at radius 2 is 2.00 bits per heavy atom. The van der Waals surface area contributed by atoms with Gasteiger partial charge in [0, 0.05) is 7.05 Å². The zero-order valence-corrected chi connectivity index (χ0v) is 6.89. The highest BCUT2D eigenvalue weighted by molar-refractivity contribution is 5.19. The van der Waals surface area contributed by atoms with Crippen LogP contribution in [0.15, 0.2) is 0 Å². The summed E-state index contributed by atoms with van der Waals surface area (Å²) in [7, 11) is 1.78. The minimum atomic E-state index is 0.641. The molecule has 2 N–H and O–H groups in total. The molecule has 1 rings (SSSR count). The van der Waals surface area contributed by atoms with Gasteiger partial charge in [-0.1, -0.05) is 13.8 Å². The minimum Gasteiger partial charge on any atom is -0.356 e. The van der Waals surface area contributed by atoms with Crippen molar-refractivity contribution >= 4 is 5.95 Å². The van der Waals surface area contributed by atoms with Crippen LogP contribution in [0.2, 0.25) is 0 Å². The first-order valence-electron chi connectivity index (χ1n) is 3.39. The normalized spacial score (nSPS) is 8.00. The van der Waals surface area contributed by atoms with Gasteiger partial charge >= 0.3 is 0 Å². The topological polar surface area (TPSA) is 53.6 Å². The number of aryl methyl sites for hydroxylation is 1. The molecule has 0 atom stereocenters. The highest BCUT2D eigenvalue weighted by atomic mass is 15.3. The zero-order valence-electron chi connectivity index (χ0n) is 6.89. The summed E-state index contributed by atoms with van der Waals surface area (Å²) in [5.74, 6) is 1.47. The van der Waals surface area contributed by atoms with Crippen molar-refractivity contribution in [3.63, 3.8) is 0 Å². The molecule has 10 heavy (non-hydrogen) atoms. The SMILES string of the molecule is CC.CNc1n[nH]c(C)n1. The van der Waals surface area contributed by atoms with E-state index in [4.69, 9.17) is 0 Å². The maximum Gasteiger partial charge on any atom is 0.241 e. The van der Waals surface area contributed by atoms with Gasteiger partial charge in [0.2, 0.25) is 5.95 Å². The maximum absolute atomic E-state index is 3.95. The van der Waals surface area contributed by atoms with E-state index in [0.717, 1.165) is 5.82 Å². The van der Waals surface area contributed by atoms with E-state index in [-0.39, 0.29) is 0 Å². The van der Waals surface area contributed by atoms with Gasteiger partial charge in [-0.25, -0.2) is 0 Å². The van der Waals surface area contributed by atoms with Gasteiger partial charge in [-0.15, -0.1) is 5.10 Å². The molecule has 0 radical (unpaired) electrons. The Kier molecular flexibility index (Phi) is 4.28. The van der Waals surface area contributed by atoms with Gasteiger partial charge in [0.25, 0.3) is 0 Å². The number of nitrogens with one attached hydrogen (secondary N) is 2. The minimum absolute atomic E-state index is 0.641. The molecule has 1 aromatic rings. The molecule has 1 heterocycles. The Labute approximate surface area is 61.1 Å². The fourth-order valence-corrected chi connectivity index (χ4v) is 0.455. The second-order valence-electron chi connectivity index (χ2n) is 1.49. The van der Waals surface area contributed by atoms with Crippen LogP contribution in [0.5, 0.6) is 0 Å². The Morgan fingerprint density at radius 1 is 1.40 bits per heavy atom. The molecule has 0 saturated heterocycles. The Balaban J connectivity index is 0.000000371. The van der Waals surface area contributed by atoms with Crippen LogP contribution < -0.4 is 5.32 Å². The predicted octanol–water partition coefficient (Wildman–Crippen LogP) is 1.18. The molecule has 0 aliphatic rings. The first-order chi connectivity index (χ1) is 4.83. The lowest BCUT2D eigenvalue weighted by molar-refractivity contribution is 1.04. The molecular weight excluding hydrogens is 128 g/mol. The molecule has 0 bridgehead atoms. The number of nitrogens with zero attached hydrogens (tertiary/aromatic N) is 2.